The lowest BCUT2D eigenvalue weighted by molar-refractivity contribution is -0.136. The maximum atomic E-state index is 13.2. The molecule has 0 saturated carbocycles. The molecule has 0 atom stereocenters. The van der Waals surface area contributed by atoms with Crippen LogP contribution in [-0.2, 0) is 11.2 Å². The number of halogens is 1. The van der Waals surface area contributed by atoms with E-state index in [0.717, 1.165) is 6.07 Å². The summed E-state index contributed by atoms with van der Waals surface area (Å²) in [6.45, 7) is 0. The molecule has 0 unspecified atom stereocenters. The van der Waals surface area contributed by atoms with Crippen molar-refractivity contribution in [1.82, 2.24) is 14.6 Å². The van der Waals surface area contributed by atoms with Gasteiger partial charge in [0.05, 0.1) is 17.8 Å². The van der Waals surface area contributed by atoms with Crippen molar-refractivity contribution in [2.45, 2.75) is 6.42 Å². The van der Waals surface area contributed by atoms with Crippen molar-refractivity contribution < 1.29 is 14.3 Å². The van der Waals surface area contributed by atoms with Crippen LogP contribution in [0, 0.1) is 5.82 Å². The monoisotopic (exact) mass is 287 g/mol. The molecule has 0 saturated heterocycles. The van der Waals surface area contributed by atoms with Crippen molar-refractivity contribution in [3.8, 4) is 11.3 Å². The topological polar surface area (TPSA) is 87.5 Å². The van der Waals surface area contributed by atoms with Crippen LogP contribution < -0.4 is 5.56 Å². The van der Waals surface area contributed by atoms with Crippen molar-refractivity contribution in [3.63, 3.8) is 0 Å². The van der Waals surface area contributed by atoms with Gasteiger partial charge in [-0.1, -0.05) is 12.1 Å². The smallest absolute Gasteiger partial charge is 0.309 e. The minimum atomic E-state index is -1.06. The SMILES string of the molecule is O=C(O)Cc1cc(=O)n2[nH]c(-c3cccc(F)c3)cc2n1. The lowest BCUT2D eigenvalue weighted by Gasteiger charge is -1.97. The molecule has 3 rings (SSSR count). The van der Waals surface area contributed by atoms with Crippen molar-refractivity contribution in [3.05, 3.63) is 58.3 Å². The van der Waals surface area contributed by atoms with Gasteiger partial charge in [-0.25, -0.2) is 13.9 Å². The Morgan fingerprint density at radius 2 is 2.14 bits per heavy atom. The molecular formula is C14H10FN3O3. The molecule has 0 fully saturated rings. The highest BCUT2D eigenvalue weighted by Gasteiger charge is 2.10. The second-order valence-electron chi connectivity index (χ2n) is 4.53. The molecule has 2 N–H and O–H groups in total. The van der Waals surface area contributed by atoms with E-state index in [2.05, 4.69) is 10.1 Å². The first kappa shape index (κ1) is 13.0. The Bertz CT molecular complexity index is 898. The van der Waals surface area contributed by atoms with Crippen LogP contribution in [0.5, 0.6) is 0 Å². The Kier molecular flexibility index (Phi) is 3.02. The van der Waals surface area contributed by atoms with Crippen LogP contribution in [0.15, 0.2) is 41.2 Å². The number of carboxylic acids is 1. The number of fused-ring (bicyclic) bond motifs is 1. The highest BCUT2D eigenvalue weighted by molar-refractivity contribution is 5.70. The molecule has 6 nitrogen and oxygen atoms in total. The molecule has 2 heterocycles. The fourth-order valence-electron chi connectivity index (χ4n) is 2.09. The standard InChI is InChI=1S/C14H10FN3O3/c15-9-3-1-2-8(4-9)11-7-12-16-10(6-14(20)21)5-13(19)18(12)17-11/h1-5,7,17H,6H2,(H,20,21). The summed E-state index contributed by atoms with van der Waals surface area (Å²) in [4.78, 5) is 26.7. The van der Waals surface area contributed by atoms with Gasteiger partial charge in [0.25, 0.3) is 5.56 Å². The van der Waals surface area contributed by atoms with Crippen LogP contribution in [0.2, 0.25) is 0 Å². The van der Waals surface area contributed by atoms with E-state index in [0.29, 0.717) is 11.3 Å². The fourth-order valence-corrected chi connectivity index (χ4v) is 2.09. The Hall–Kier alpha value is -2.96. The summed E-state index contributed by atoms with van der Waals surface area (Å²) in [5, 5.41) is 11.6. The Morgan fingerprint density at radius 1 is 1.33 bits per heavy atom. The molecule has 0 bridgehead atoms. The molecule has 0 amide bonds. The van der Waals surface area contributed by atoms with E-state index in [-0.39, 0.29) is 17.8 Å². The second kappa shape index (κ2) is 4.86. The number of nitrogens with zero attached hydrogens (tertiary/aromatic N) is 2. The van der Waals surface area contributed by atoms with Crippen LogP contribution in [-0.4, -0.2) is 25.7 Å². The van der Waals surface area contributed by atoms with Crippen LogP contribution in [0.25, 0.3) is 16.9 Å². The van der Waals surface area contributed by atoms with Gasteiger partial charge < -0.3 is 5.11 Å². The average molecular weight is 287 g/mol. The molecule has 0 spiro atoms. The molecule has 2 aromatic heterocycles. The Balaban J connectivity index is 2.14. The number of aliphatic carboxylic acids is 1. The normalized spacial score (nSPS) is 10.9. The number of aromatic nitrogens is 3. The average Bonchev–Trinajstić information content (AvgIpc) is 2.82. The third-order valence-electron chi connectivity index (χ3n) is 2.97. The van der Waals surface area contributed by atoms with E-state index in [1.54, 1.807) is 18.2 Å². The molecule has 0 aliphatic carbocycles. The number of carboxylic acid groups (broad SMARTS) is 1. The van der Waals surface area contributed by atoms with Crippen LogP contribution in [0.3, 0.4) is 0 Å². The first-order valence-corrected chi connectivity index (χ1v) is 6.12. The second-order valence-corrected chi connectivity index (χ2v) is 4.53. The van der Waals surface area contributed by atoms with Gasteiger partial charge in [-0.05, 0) is 12.1 Å². The minimum absolute atomic E-state index is 0.178. The third kappa shape index (κ3) is 2.53. The van der Waals surface area contributed by atoms with Crippen molar-refractivity contribution >= 4 is 11.6 Å². The number of nitrogens with one attached hydrogen (secondary N) is 1. The fraction of sp³-hybridized carbons (Fsp3) is 0.0714. The molecule has 3 aromatic rings. The summed E-state index contributed by atoms with van der Waals surface area (Å²) in [6, 6.07) is 8.63. The van der Waals surface area contributed by atoms with E-state index in [1.807, 2.05) is 0 Å². The molecule has 106 valence electrons. The number of benzene rings is 1. The van der Waals surface area contributed by atoms with E-state index < -0.39 is 17.3 Å². The summed E-state index contributed by atoms with van der Waals surface area (Å²) in [7, 11) is 0. The molecule has 21 heavy (non-hydrogen) atoms. The summed E-state index contributed by atoms with van der Waals surface area (Å²) >= 11 is 0. The number of rotatable bonds is 3. The molecule has 0 aliphatic rings. The van der Waals surface area contributed by atoms with E-state index in [9.17, 15) is 14.0 Å². The molecule has 0 aliphatic heterocycles. The van der Waals surface area contributed by atoms with Crippen molar-refractivity contribution in [2.24, 2.45) is 0 Å². The highest BCUT2D eigenvalue weighted by atomic mass is 19.1. The zero-order valence-corrected chi connectivity index (χ0v) is 10.7. The van der Waals surface area contributed by atoms with E-state index in [4.69, 9.17) is 5.11 Å². The van der Waals surface area contributed by atoms with Gasteiger partial charge in [0, 0.05) is 17.7 Å². The van der Waals surface area contributed by atoms with Gasteiger partial charge in [0.2, 0.25) is 0 Å². The maximum absolute atomic E-state index is 13.2. The quantitative estimate of drug-likeness (QED) is 0.763. The Morgan fingerprint density at radius 3 is 2.86 bits per heavy atom. The number of H-pyrrole nitrogens is 1. The predicted molar refractivity (Wildman–Crippen MR) is 72.5 cm³/mol. The molecule has 1 aromatic carbocycles. The van der Waals surface area contributed by atoms with Crippen LogP contribution in [0.4, 0.5) is 4.39 Å². The first-order chi connectivity index (χ1) is 10.0. The number of carbonyl (C=O) groups is 1. The Labute approximate surface area is 117 Å². The summed E-state index contributed by atoms with van der Waals surface area (Å²) in [5.41, 5.74) is 1.14. The van der Waals surface area contributed by atoms with Gasteiger partial charge in [-0.3, -0.25) is 14.7 Å². The predicted octanol–water partition coefficient (Wildman–Crippen LogP) is 1.46. The van der Waals surface area contributed by atoms with Gasteiger partial charge in [0.1, 0.15) is 5.82 Å². The lowest BCUT2D eigenvalue weighted by atomic mass is 10.1. The maximum Gasteiger partial charge on any atom is 0.309 e. The number of hydrogen-bond acceptors (Lipinski definition) is 3. The summed E-state index contributed by atoms with van der Waals surface area (Å²) in [5.74, 6) is -1.45. The molecular weight excluding hydrogens is 277 g/mol. The minimum Gasteiger partial charge on any atom is -0.481 e. The zero-order chi connectivity index (χ0) is 15.0. The lowest BCUT2D eigenvalue weighted by Crippen LogP contribution is -2.16. The molecule has 7 heteroatoms. The van der Waals surface area contributed by atoms with Gasteiger partial charge in [-0.15, -0.1) is 0 Å². The highest BCUT2D eigenvalue weighted by Crippen LogP contribution is 2.19. The van der Waals surface area contributed by atoms with Crippen LogP contribution in [0.1, 0.15) is 5.69 Å². The van der Waals surface area contributed by atoms with Crippen molar-refractivity contribution in [1.29, 1.82) is 0 Å². The largest absolute Gasteiger partial charge is 0.481 e. The zero-order valence-electron chi connectivity index (χ0n) is 10.7. The number of hydrogen-bond donors (Lipinski definition) is 2. The van der Waals surface area contributed by atoms with Crippen molar-refractivity contribution in [2.75, 3.05) is 0 Å². The summed E-state index contributed by atoms with van der Waals surface area (Å²) < 4.78 is 14.4. The summed E-state index contributed by atoms with van der Waals surface area (Å²) in [6.07, 6.45) is -0.327. The van der Waals surface area contributed by atoms with Gasteiger partial charge >= 0.3 is 5.97 Å². The van der Waals surface area contributed by atoms with E-state index >= 15 is 0 Å². The number of aromatic amines is 1. The third-order valence-corrected chi connectivity index (χ3v) is 2.97. The van der Waals surface area contributed by atoms with Gasteiger partial charge in [0.15, 0.2) is 5.65 Å². The first-order valence-electron chi connectivity index (χ1n) is 6.12. The van der Waals surface area contributed by atoms with Crippen LogP contribution >= 0.6 is 0 Å². The van der Waals surface area contributed by atoms with Gasteiger partial charge in [-0.2, -0.15) is 0 Å². The van der Waals surface area contributed by atoms with E-state index in [1.165, 1.54) is 16.6 Å². The molecule has 0 radical (unpaired) electrons.